The highest BCUT2D eigenvalue weighted by molar-refractivity contribution is 5.88. The maximum Gasteiger partial charge on any atom is 0.230 e. The third kappa shape index (κ3) is 3.18. The summed E-state index contributed by atoms with van der Waals surface area (Å²) in [5.74, 6) is -0.354. The fourth-order valence-electron chi connectivity index (χ4n) is 3.03. The van der Waals surface area contributed by atoms with Crippen LogP contribution in [0, 0.1) is 0 Å². The molecule has 1 aromatic carbocycles. The van der Waals surface area contributed by atoms with Gasteiger partial charge in [0.05, 0.1) is 5.41 Å². The van der Waals surface area contributed by atoms with Gasteiger partial charge in [-0.25, -0.2) is 0 Å². The lowest BCUT2D eigenvalue weighted by Gasteiger charge is -2.36. The van der Waals surface area contributed by atoms with Crippen LogP contribution in [0.25, 0.3) is 0 Å². The Labute approximate surface area is 119 Å². The van der Waals surface area contributed by atoms with Crippen LogP contribution in [0.4, 0.5) is 0 Å². The van der Waals surface area contributed by atoms with Crippen molar-refractivity contribution in [3.63, 3.8) is 0 Å². The average molecular weight is 274 g/mol. The predicted molar refractivity (Wildman–Crippen MR) is 78.0 cm³/mol. The molecule has 4 nitrogen and oxygen atoms in total. The second kappa shape index (κ2) is 6.55. The minimum absolute atomic E-state index is 0.0321. The lowest BCUT2D eigenvalue weighted by molar-refractivity contribution is -0.128. The second-order valence-electron chi connectivity index (χ2n) is 5.48. The molecule has 1 aliphatic rings. The Morgan fingerprint density at radius 1 is 1.10 bits per heavy atom. The normalized spacial score (nSPS) is 17.4. The van der Waals surface area contributed by atoms with Gasteiger partial charge in [-0.15, -0.1) is 0 Å². The number of nitrogens with one attached hydrogen (secondary N) is 1. The van der Waals surface area contributed by atoms with Crippen molar-refractivity contribution in [1.82, 2.24) is 5.32 Å². The number of carbonyl (C=O) groups excluding carboxylic acids is 2. The number of nitrogens with two attached hydrogens (primary N) is 1. The van der Waals surface area contributed by atoms with Gasteiger partial charge in [0, 0.05) is 13.0 Å². The van der Waals surface area contributed by atoms with E-state index in [1.54, 1.807) is 0 Å². The van der Waals surface area contributed by atoms with E-state index in [1.165, 1.54) is 6.42 Å². The van der Waals surface area contributed by atoms with E-state index >= 15 is 0 Å². The number of carbonyl (C=O) groups is 2. The van der Waals surface area contributed by atoms with Gasteiger partial charge in [0.1, 0.15) is 0 Å². The molecule has 0 heterocycles. The van der Waals surface area contributed by atoms with Crippen LogP contribution in [0.5, 0.6) is 0 Å². The van der Waals surface area contributed by atoms with Crippen LogP contribution in [-0.2, 0) is 15.0 Å². The first-order chi connectivity index (χ1) is 9.65. The van der Waals surface area contributed by atoms with E-state index < -0.39 is 5.41 Å². The maximum atomic E-state index is 12.6. The molecule has 1 aliphatic carbocycles. The molecule has 0 spiro atoms. The summed E-state index contributed by atoms with van der Waals surface area (Å²) in [5, 5.41) is 2.88. The molecule has 0 aromatic heterocycles. The van der Waals surface area contributed by atoms with Crippen LogP contribution in [0.2, 0.25) is 0 Å². The smallest absolute Gasteiger partial charge is 0.230 e. The number of benzene rings is 1. The quantitative estimate of drug-likeness (QED) is 0.860. The highest BCUT2D eigenvalue weighted by Gasteiger charge is 2.40. The van der Waals surface area contributed by atoms with E-state index in [0.29, 0.717) is 6.54 Å². The SMILES string of the molecule is NC(=O)CCNC(=O)C1(c2ccccc2)CCCCC1. The molecule has 1 aromatic rings. The first-order valence-electron chi connectivity index (χ1n) is 7.27. The first kappa shape index (κ1) is 14.6. The number of rotatable bonds is 5. The lowest BCUT2D eigenvalue weighted by Crippen LogP contribution is -2.46. The van der Waals surface area contributed by atoms with Crippen LogP contribution in [-0.4, -0.2) is 18.4 Å². The van der Waals surface area contributed by atoms with Crippen molar-refractivity contribution in [2.45, 2.75) is 43.9 Å². The minimum atomic E-state index is -0.433. The monoisotopic (exact) mass is 274 g/mol. The molecule has 3 N–H and O–H groups in total. The molecule has 2 rings (SSSR count). The molecule has 108 valence electrons. The zero-order valence-electron chi connectivity index (χ0n) is 11.7. The predicted octanol–water partition coefficient (Wildman–Crippen LogP) is 1.88. The van der Waals surface area contributed by atoms with E-state index in [2.05, 4.69) is 5.32 Å². The summed E-state index contributed by atoms with van der Waals surface area (Å²) in [6.45, 7) is 0.322. The largest absolute Gasteiger partial charge is 0.370 e. The lowest BCUT2D eigenvalue weighted by atomic mass is 9.68. The minimum Gasteiger partial charge on any atom is -0.370 e. The molecule has 0 radical (unpaired) electrons. The topological polar surface area (TPSA) is 72.2 Å². The molecule has 0 saturated heterocycles. The number of hydrogen-bond acceptors (Lipinski definition) is 2. The van der Waals surface area contributed by atoms with Crippen molar-refractivity contribution in [3.05, 3.63) is 35.9 Å². The van der Waals surface area contributed by atoms with Crippen LogP contribution in [0.15, 0.2) is 30.3 Å². The molecule has 4 heteroatoms. The summed E-state index contributed by atoms with van der Waals surface area (Å²) < 4.78 is 0. The summed E-state index contributed by atoms with van der Waals surface area (Å²) in [6, 6.07) is 9.97. The Bertz CT molecular complexity index is 465. The van der Waals surface area contributed by atoms with Crippen molar-refractivity contribution < 1.29 is 9.59 Å². The van der Waals surface area contributed by atoms with Gasteiger partial charge >= 0.3 is 0 Å². The average Bonchev–Trinajstić information content (AvgIpc) is 2.48. The highest BCUT2D eigenvalue weighted by atomic mass is 16.2. The number of amides is 2. The summed E-state index contributed by atoms with van der Waals surface area (Å²) >= 11 is 0. The van der Waals surface area contributed by atoms with Gasteiger partial charge in [-0.1, -0.05) is 49.6 Å². The van der Waals surface area contributed by atoms with Gasteiger partial charge in [0.25, 0.3) is 0 Å². The van der Waals surface area contributed by atoms with Crippen molar-refractivity contribution in [1.29, 1.82) is 0 Å². The summed E-state index contributed by atoms with van der Waals surface area (Å²) in [5.41, 5.74) is 5.76. The fourth-order valence-corrected chi connectivity index (χ4v) is 3.03. The Hall–Kier alpha value is -1.84. The molecule has 0 unspecified atom stereocenters. The summed E-state index contributed by atoms with van der Waals surface area (Å²) in [6.07, 6.45) is 5.26. The van der Waals surface area contributed by atoms with Gasteiger partial charge in [-0.3, -0.25) is 9.59 Å². The standard InChI is InChI=1S/C16H22N2O2/c17-14(19)9-12-18-15(20)16(10-5-2-6-11-16)13-7-3-1-4-8-13/h1,3-4,7-8H,2,5-6,9-12H2,(H2,17,19)(H,18,20). The van der Waals surface area contributed by atoms with E-state index in [-0.39, 0.29) is 18.2 Å². The van der Waals surface area contributed by atoms with Crippen molar-refractivity contribution in [2.75, 3.05) is 6.54 Å². The molecular weight excluding hydrogens is 252 g/mol. The van der Waals surface area contributed by atoms with Gasteiger partial charge < -0.3 is 11.1 Å². The van der Waals surface area contributed by atoms with E-state index in [4.69, 9.17) is 5.73 Å². The van der Waals surface area contributed by atoms with Crippen LogP contribution >= 0.6 is 0 Å². The van der Waals surface area contributed by atoms with Crippen molar-refractivity contribution >= 4 is 11.8 Å². The first-order valence-corrected chi connectivity index (χ1v) is 7.27. The third-order valence-corrected chi connectivity index (χ3v) is 4.13. The molecule has 1 fully saturated rings. The van der Waals surface area contributed by atoms with Crippen LogP contribution in [0.1, 0.15) is 44.1 Å². The zero-order valence-corrected chi connectivity index (χ0v) is 11.7. The molecule has 0 aliphatic heterocycles. The van der Waals surface area contributed by atoms with E-state index in [0.717, 1.165) is 31.2 Å². The van der Waals surface area contributed by atoms with Gasteiger partial charge in [-0.2, -0.15) is 0 Å². The molecule has 0 bridgehead atoms. The maximum absolute atomic E-state index is 12.6. The zero-order chi connectivity index (χ0) is 14.4. The summed E-state index contributed by atoms with van der Waals surface area (Å²) in [7, 11) is 0. The molecule has 2 amide bonds. The third-order valence-electron chi connectivity index (χ3n) is 4.13. The second-order valence-corrected chi connectivity index (χ2v) is 5.48. The highest BCUT2D eigenvalue weighted by Crippen LogP contribution is 2.39. The van der Waals surface area contributed by atoms with Gasteiger partial charge in [0.2, 0.25) is 11.8 Å². The van der Waals surface area contributed by atoms with E-state index in [9.17, 15) is 9.59 Å². The molecule has 1 saturated carbocycles. The Morgan fingerprint density at radius 3 is 2.35 bits per heavy atom. The van der Waals surface area contributed by atoms with Crippen LogP contribution in [0.3, 0.4) is 0 Å². The Morgan fingerprint density at radius 2 is 1.75 bits per heavy atom. The van der Waals surface area contributed by atoms with Gasteiger partial charge in [-0.05, 0) is 18.4 Å². The van der Waals surface area contributed by atoms with Gasteiger partial charge in [0.15, 0.2) is 0 Å². The molecular formula is C16H22N2O2. The van der Waals surface area contributed by atoms with Crippen molar-refractivity contribution in [3.8, 4) is 0 Å². The van der Waals surface area contributed by atoms with Crippen LogP contribution < -0.4 is 11.1 Å². The van der Waals surface area contributed by atoms with E-state index in [1.807, 2.05) is 30.3 Å². The number of hydrogen-bond donors (Lipinski definition) is 2. The molecule has 20 heavy (non-hydrogen) atoms. The summed E-state index contributed by atoms with van der Waals surface area (Å²) in [4.78, 5) is 23.4. The Kier molecular flexibility index (Phi) is 4.77. The Balaban J connectivity index is 2.15. The fraction of sp³-hybridized carbons (Fsp3) is 0.500. The van der Waals surface area contributed by atoms with Crippen molar-refractivity contribution in [2.24, 2.45) is 5.73 Å². The molecule has 0 atom stereocenters. The number of primary amides is 1.